The number of nitrogens with zero attached hydrogens (tertiary/aromatic N) is 5. The van der Waals surface area contributed by atoms with Crippen molar-refractivity contribution in [2.75, 3.05) is 5.32 Å². The number of imidazole rings is 1. The quantitative estimate of drug-likeness (QED) is 0.412. The molecule has 2 aromatic carbocycles. The van der Waals surface area contributed by atoms with Crippen LogP contribution in [0.25, 0.3) is 27.8 Å². The summed E-state index contributed by atoms with van der Waals surface area (Å²) in [6, 6.07) is 10.4. The van der Waals surface area contributed by atoms with Gasteiger partial charge >= 0.3 is 0 Å². The molecule has 2 N–H and O–H groups in total. The van der Waals surface area contributed by atoms with E-state index in [2.05, 4.69) is 25.3 Å². The third-order valence-electron chi connectivity index (χ3n) is 5.19. The van der Waals surface area contributed by atoms with E-state index in [0.717, 1.165) is 0 Å². The van der Waals surface area contributed by atoms with Crippen molar-refractivity contribution in [3.05, 3.63) is 82.1 Å². The highest BCUT2D eigenvalue weighted by molar-refractivity contribution is 6.30. The maximum Gasteiger partial charge on any atom is 0.266 e. The van der Waals surface area contributed by atoms with Gasteiger partial charge in [0.05, 0.1) is 29.0 Å². The van der Waals surface area contributed by atoms with Crippen LogP contribution in [0.3, 0.4) is 0 Å². The number of aromatic nitrogens is 6. The summed E-state index contributed by atoms with van der Waals surface area (Å²) >= 11 is 6.05. The van der Waals surface area contributed by atoms with Crippen molar-refractivity contribution in [1.29, 1.82) is 0 Å². The van der Waals surface area contributed by atoms with Crippen LogP contribution < -0.4 is 10.9 Å². The highest BCUT2D eigenvalue weighted by Crippen LogP contribution is 2.26. The van der Waals surface area contributed by atoms with E-state index in [1.165, 1.54) is 35.4 Å². The predicted molar refractivity (Wildman–Crippen MR) is 121 cm³/mol. The van der Waals surface area contributed by atoms with Crippen LogP contribution >= 0.6 is 11.6 Å². The van der Waals surface area contributed by atoms with Gasteiger partial charge in [-0.15, -0.1) is 0 Å². The second-order valence-electron chi connectivity index (χ2n) is 7.18. The van der Waals surface area contributed by atoms with Gasteiger partial charge in [0, 0.05) is 5.02 Å². The van der Waals surface area contributed by atoms with Crippen LogP contribution in [0.1, 0.15) is 25.2 Å². The molecule has 5 aromatic rings. The summed E-state index contributed by atoms with van der Waals surface area (Å²) in [5.41, 5.74) is 1.77. The Morgan fingerprint density at radius 3 is 2.75 bits per heavy atom. The summed E-state index contributed by atoms with van der Waals surface area (Å²) in [5, 5.41) is 4.07. The lowest BCUT2D eigenvalue weighted by Crippen LogP contribution is -2.28. The van der Waals surface area contributed by atoms with Gasteiger partial charge in [0.1, 0.15) is 23.5 Å². The fraction of sp³-hybridized carbons (Fsp3) is 0.136. The summed E-state index contributed by atoms with van der Waals surface area (Å²) in [6.45, 7) is 1.97. The largest absolute Gasteiger partial charge is 0.358 e. The van der Waals surface area contributed by atoms with Crippen LogP contribution in [0.5, 0.6) is 0 Å². The van der Waals surface area contributed by atoms with Gasteiger partial charge in [-0.3, -0.25) is 9.36 Å². The molecule has 0 bridgehead atoms. The van der Waals surface area contributed by atoms with Crippen molar-refractivity contribution in [2.24, 2.45) is 0 Å². The molecule has 3 aromatic heterocycles. The van der Waals surface area contributed by atoms with E-state index >= 15 is 0 Å². The van der Waals surface area contributed by atoms with Crippen LogP contribution in [-0.4, -0.2) is 29.5 Å². The molecule has 1 unspecified atom stereocenters. The molecule has 1 atom stereocenters. The minimum absolute atomic E-state index is 0.190. The Balaban J connectivity index is 1.72. The molecule has 0 aliphatic rings. The number of H-pyrrole nitrogens is 1. The van der Waals surface area contributed by atoms with Gasteiger partial charge < -0.3 is 10.3 Å². The zero-order chi connectivity index (χ0) is 22.2. The lowest BCUT2D eigenvalue weighted by molar-refractivity contribution is 0.628. The molecule has 0 saturated heterocycles. The molecule has 0 radical (unpaired) electrons. The van der Waals surface area contributed by atoms with Gasteiger partial charge in [0.25, 0.3) is 5.56 Å². The second kappa shape index (κ2) is 8.01. The second-order valence-corrected chi connectivity index (χ2v) is 7.61. The maximum atomic E-state index is 13.9. The third kappa shape index (κ3) is 3.46. The number of hydrogen-bond donors (Lipinski definition) is 2. The van der Waals surface area contributed by atoms with Gasteiger partial charge in [0.15, 0.2) is 11.5 Å². The molecule has 32 heavy (non-hydrogen) atoms. The first-order valence-electron chi connectivity index (χ1n) is 9.94. The number of benzene rings is 2. The fourth-order valence-electron chi connectivity index (χ4n) is 3.63. The van der Waals surface area contributed by atoms with E-state index < -0.39 is 11.9 Å². The number of aromatic amines is 1. The highest BCUT2D eigenvalue weighted by atomic mass is 35.5. The van der Waals surface area contributed by atoms with Crippen LogP contribution in [0, 0.1) is 5.82 Å². The van der Waals surface area contributed by atoms with Crippen LogP contribution in [0.2, 0.25) is 5.02 Å². The Bertz CT molecular complexity index is 1500. The fourth-order valence-corrected chi connectivity index (χ4v) is 3.76. The third-order valence-corrected chi connectivity index (χ3v) is 5.44. The molecule has 160 valence electrons. The zero-order valence-corrected chi connectivity index (χ0v) is 17.6. The Kier molecular flexibility index (Phi) is 5.02. The summed E-state index contributed by atoms with van der Waals surface area (Å²) < 4.78 is 15.4. The van der Waals surface area contributed by atoms with Gasteiger partial charge in [-0.2, -0.15) is 0 Å². The van der Waals surface area contributed by atoms with E-state index in [1.807, 2.05) is 6.92 Å². The first-order chi connectivity index (χ1) is 15.5. The molecule has 3 heterocycles. The van der Waals surface area contributed by atoms with E-state index in [1.54, 1.807) is 24.3 Å². The summed E-state index contributed by atoms with van der Waals surface area (Å²) in [4.78, 5) is 33.9. The zero-order valence-electron chi connectivity index (χ0n) is 16.9. The van der Waals surface area contributed by atoms with Crippen LogP contribution in [-0.2, 0) is 0 Å². The van der Waals surface area contributed by atoms with Crippen molar-refractivity contribution in [3.8, 4) is 5.69 Å². The highest BCUT2D eigenvalue weighted by Gasteiger charge is 2.22. The number of rotatable bonds is 5. The molecule has 0 aliphatic carbocycles. The Hall–Kier alpha value is -3.85. The molecule has 0 spiro atoms. The van der Waals surface area contributed by atoms with E-state index in [0.29, 0.717) is 45.5 Å². The normalized spacial score (nSPS) is 12.3. The number of nitrogens with one attached hydrogen (secondary N) is 2. The van der Waals surface area contributed by atoms with E-state index in [4.69, 9.17) is 16.6 Å². The first-order valence-corrected chi connectivity index (χ1v) is 10.3. The maximum absolute atomic E-state index is 13.9. The van der Waals surface area contributed by atoms with Gasteiger partial charge in [-0.25, -0.2) is 24.3 Å². The summed E-state index contributed by atoms with van der Waals surface area (Å²) in [7, 11) is 0. The van der Waals surface area contributed by atoms with E-state index in [-0.39, 0.29) is 10.9 Å². The lowest BCUT2D eigenvalue weighted by atomic mass is 10.1. The minimum atomic E-state index is -0.501. The molecular weight excluding hydrogens is 433 g/mol. The van der Waals surface area contributed by atoms with Crippen molar-refractivity contribution in [2.45, 2.75) is 19.4 Å². The average molecular weight is 450 g/mol. The molecule has 8 nitrogen and oxygen atoms in total. The Morgan fingerprint density at radius 1 is 1.16 bits per heavy atom. The molecule has 0 amide bonds. The van der Waals surface area contributed by atoms with Gasteiger partial charge in [-0.05, 0) is 48.9 Å². The molecule has 0 fully saturated rings. The molecule has 10 heteroatoms. The molecular formula is C22H17ClFN7O. The van der Waals surface area contributed by atoms with Gasteiger partial charge in [-0.1, -0.05) is 18.5 Å². The molecule has 0 saturated carbocycles. The van der Waals surface area contributed by atoms with Crippen molar-refractivity contribution < 1.29 is 4.39 Å². The monoisotopic (exact) mass is 449 g/mol. The topological polar surface area (TPSA) is 101 Å². The average Bonchev–Trinajstić information content (AvgIpc) is 3.28. The van der Waals surface area contributed by atoms with Crippen molar-refractivity contribution in [1.82, 2.24) is 29.5 Å². The number of anilines is 1. The number of hydrogen-bond acceptors (Lipinski definition) is 6. The standard InChI is InChI=1S/C22H17ClFN7O/c1-2-16(29-20-18-19(26-10-25-18)27-11-28-20)21-30-17-8-5-13(24)9-15(17)22(32)31(21)14-6-3-12(23)4-7-14/h3-11,16H,2H2,1H3,(H2,25,26,27,28,29). The lowest BCUT2D eigenvalue weighted by Gasteiger charge is -2.22. The number of halogens is 2. The van der Waals surface area contributed by atoms with Crippen LogP contribution in [0.15, 0.2) is 59.9 Å². The minimum Gasteiger partial charge on any atom is -0.358 e. The van der Waals surface area contributed by atoms with E-state index in [9.17, 15) is 9.18 Å². The Morgan fingerprint density at radius 2 is 1.97 bits per heavy atom. The Labute approximate surface area is 186 Å². The summed E-state index contributed by atoms with van der Waals surface area (Å²) in [6.07, 6.45) is 3.55. The van der Waals surface area contributed by atoms with Crippen molar-refractivity contribution in [3.63, 3.8) is 0 Å². The first kappa shape index (κ1) is 20.1. The number of fused-ring (bicyclic) bond motifs is 2. The van der Waals surface area contributed by atoms with Gasteiger partial charge in [0.2, 0.25) is 0 Å². The molecule has 0 aliphatic heterocycles. The smallest absolute Gasteiger partial charge is 0.266 e. The SMILES string of the molecule is CCC(Nc1ncnc2[nH]cnc12)c1nc2ccc(F)cc2c(=O)n1-c1ccc(Cl)cc1. The van der Waals surface area contributed by atoms with Crippen molar-refractivity contribution >= 4 is 39.5 Å². The van der Waals surface area contributed by atoms with Crippen LogP contribution in [0.4, 0.5) is 10.2 Å². The summed E-state index contributed by atoms with van der Waals surface area (Å²) in [5.74, 6) is 0.472. The predicted octanol–water partition coefficient (Wildman–Crippen LogP) is 4.41. The molecule has 5 rings (SSSR count).